The Morgan fingerprint density at radius 2 is 1.03 bits per heavy atom. The van der Waals surface area contributed by atoms with Crippen molar-refractivity contribution in [1.29, 1.82) is 0 Å². The van der Waals surface area contributed by atoms with Gasteiger partial charge in [-0.05, 0) is 88.0 Å². The number of nitrogens with zero attached hydrogens (tertiary/aromatic N) is 2. The number of ether oxygens (including phenoxy) is 2. The van der Waals surface area contributed by atoms with E-state index in [1.54, 1.807) is 6.08 Å². The van der Waals surface area contributed by atoms with Gasteiger partial charge in [-0.15, -0.1) is 0 Å². The van der Waals surface area contributed by atoms with Crippen LogP contribution in [-0.2, 0) is 19.1 Å². The summed E-state index contributed by atoms with van der Waals surface area (Å²) in [6, 6.07) is 7.73. The van der Waals surface area contributed by atoms with E-state index >= 15 is 0 Å². The first-order valence-corrected chi connectivity index (χ1v) is 13.5. The molecule has 2 saturated heterocycles. The van der Waals surface area contributed by atoms with Crippen LogP contribution >= 0.6 is 0 Å². The van der Waals surface area contributed by atoms with Crippen LogP contribution in [0.15, 0.2) is 29.8 Å². The zero-order chi connectivity index (χ0) is 28.0. The summed E-state index contributed by atoms with van der Waals surface area (Å²) >= 11 is 0. The minimum absolute atomic E-state index is 0.0482. The van der Waals surface area contributed by atoms with E-state index in [4.69, 9.17) is 9.47 Å². The van der Waals surface area contributed by atoms with Gasteiger partial charge >= 0.3 is 11.9 Å². The predicted molar refractivity (Wildman–Crippen MR) is 149 cm³/mol. The van der Waals surface area contributed by atoms with Crippen molar-refractivity contribution >= 4 is 18.0 Å². The van der Waals surface area contributed by atoms with Gasteiger partial charge in [-0.2, -0.15) is 0 Å². The molecule has 0 radical (unpaired) electrons. The minimum atomic E-state index is -0.613. The maximum atomic E-state index is 13.6. The van der Waals surface area contributed by atoms with Crippen LogP contribution in [0, 0.1) is 6.92 Å². The third kappa shape index (κ3) is 6.64. The van der Waals surface area contributed by atoms with E-state index in [2.05, 4.69) is 79.3 Å². The summed E-state index contributed by atoms with van der Waals surface area (Å²) in [4.78, 5) is 31.8. The largest absolute Gasteiger partial charge is 0.458 e. The molecular weight excluding hydrogens is 464 g/mol. The number of likely N-dealkylation sites (tertiary alicyclic amines) is 2. The van der Waals surface area contributed by atoms with Gasteiger partial charge < -0.3 is 9.47 Å². The second kappa shape index (κ2) is 10.2. The first-order valence-electron chi connectivity index (χ1n) is 13.5. The average Bonchev–Trinajstić information content (AvgIpc) is 2.74. The summed E-state index contributed by atoms with van der Waals surface area (Å²) in [6.07, 6.45) is 3.83. The fourth-order valence-corrected chi connectivity index (χ4v) is 6.19. The van der Waals surface area contributed by atoms with Crippen LogP contribution in [0.4, 0.5) is 0 Å². The lowest BCUT2D eigenvalue weighted by molar-refractivity contribution is -0.162. The summed E-state index contributed by atoms with van der Waals surface area (Å²) < 4.78 is 12.1. The van der Waals surface area contributed by atoms with Gasteiger partial charge in [0.2, 0.25) is 0 Å². The topological polar surface area (TPSA) is 59.1 Å². The maximum absolute atomic E-state index is 13.6. The van der Waals surface area contributed by atoms with Gasteiger partial charge in [0.25, 0.3) is 0 Å². The van der Waals surface area contributed by atoms with E-state index in [1.807, 2.05) is 31.2 Å². The van der Waals surface area contributed by atoms with Crippen LogP contribution in [0.3, 0.4) is 0 Å². The molecule has 1 aromatic carbocycles. The Hall–Kier alpha value is -2.18. The molecule has 0 aromatic heterocycles. The van der Waals surface area contributed by atoms with Crippen LogP contribution in [0.1, 0.15) is 92.2 Å². The van der Waals surface area contributed by atoms with Gasteiger partial charge in [0.1, 0.15) is 17.8 Å². The molecule has 2 aliphatic heterocycles. The Bertz CT molecular complexity index is 942. The number of piperidine rings is 2. The molecule has 0 aliphatic carbocycles. The Morgan fingerprint density at radius 1 is 0.703 bits per heavy atom. The molecule has 1 aromatic rings. The lowest BCUT2D eigenvalue weighted by atomic mass is 9.78. The van der Waals surface area contributed by atoms with Crippen molar-refractivity contribution in [2.24, 2.45) is 0 Å². The summed E-state index contributed by atoms with van der Waals surface area (Å²) in [5.41, 5.74) is 1.27. The highest BCUT2D eigenvalue weighted by Gasteiger charge is 2.46. The zero-order valence-corrected chi connectivity index (χ0v) is 24.9. The number of rotatable bonds is 5. The van der Waals surface area contributed by atoms with Crippen LogP contribution in [0.2, 0.25) is 0 Å². The van der Waals surface area contributed by atoms with Gasteiger partial charge in [-0.3, -0.25) is 9.80 Å². The molecule has 2 heterocycles. The van der Waals surface area contributed by atoms with Crippen LogP contribution in [-0.4, -0.2) is 70.2 Å². The number of carbonyl (C=O) groups is 2. The van der Waals surface area contributed by atoms with Crippen LogP contribution in [0.5, 0.6) is 0 Å². The molecule has 2 aliphatic rings. The SMILES string of the molecule is Cc1ccc(C=C(C(=O)OC2CC(C)(C)N(C)C(C)(C)C2)C(=O)OC2CC(C)(C)N(C)C(C)(C)C2)cc1. The van der Waals surface area contributed by atoms with E-state index in [0.29, 0.717) is 25.7 Å². The quantitative estimate of drug-likeness (QED) is 0.216. The summed E-state index contributed by atoms with van der Waals surface area (Å²) in [6.45, 7) is 19.3. The van der Waals surface area contributed by atoms with E-state index in [-0.39, 0.29) is 39.9 Å². The van der Waals surface area contributed by atoms with Crippen LogP contribution < -0.4 is 0 Å². The van der Waals surface area contributed by atoms with Gasteiger partial charge in [0.15, 0.2) is 0 Å². The fourth-order valence-electron chi connectivity index (χ4n) is 6.19. The number of carbonyl (C=O) groups excluding carboxylic acids is 2. The Kier molecular flexibility index (Phi) is 8.08. The normalized spacial score (nSPS) is 23.8. The molecule has 6 nitrogen and oxygen atoms in total. The molecule has 37 heavy (non-hydrogen) atoms. The number of hydrogen-bond acceptors (Lipinski definition) is 6. The lowest BCUT2D eigenvalue weighted by Gasteiger charge is -2.53. The van der Waals surface area contributed by atoms with Crippen molar-refractivity contribution in [3.63, 3.8) is 0 Å². The average molecular weight is 513 g/mol. The molecule has 0 atom stereocenters. The maximum Gasteiger partial charge on any atom is 0.345 e. The van der Waals surface area contributed by atoms with E-state index in [0.717, 1.165) is 11.1 Å². The van der Waals surface area contributed by atoms with E-state index in [1.165, 1.54) is 0 Å². The van der Waals surface area contributed by atoms with Crippen molar-refractivity contribution in [2.75, 3.05) is 14.1 Å². The van der Waals surface area contributed by atoms with Crippen LogP contribution in [0.25, 0.3) is 6.08 Å². The zero-order valence-electron chi connectivity index (χ0n) is 24.9. The second-order valence-electron chi connectivity index (χ2n) is 13.7. The van der Waals surface area contributed by atoms with Crippen molar-refractivity contribution < 1.29 is 19.1 Å². The first-order chi connectivity index (χ1) is 16.8. The minimum Gasteiger partial charge on any atom is -0.458 e. The summed E-state index contributed by atoms with van der Waals surface area (Å²) in [7, 11) is 4.23. The monoisotopic (exact) mass is 512 g/mol. The molecule has 0 bridgehead atoms. The highest BCUT2D eigenvalue weighted by atomic mass is 16.6. The fraction of sp³-hybridized carbons (Fsp3) is 0.677. The lowest BCUT2D eigenvalue weighted by Crippen LogP contribution is -2.60. The third-order valence-electron chi connectivity index (χ3n) is 8.92. The molecule has 0 saturated carbocycles. The van der Waals surface area contributed by atoms with Gasteiger partial charge in [0.05, 0.1) is 0 Å². The molecule has 3 rings (SSSR count). The number of benzene rings is 1. The highest BCUT2D eigenvalue weighted by Crippen LogP contribution is 2.40. The molecule has 2 fully saturated rings. The van der Waals surface area contributed by atoms with Gasteiger partial charge in [-0.1, -0.05) is 29.8 Å². The van der Waals surface area contributed by atoms with Crippen molar-refractivity contribution in [3.05, 3.63) is 41.0 Å². The molecule has 0 amide bonds. The standard InChI is InChI=1S/C31H48N2O4/c1-21-12-14-22(15-13-21)16-25(26(34)36-23-17-28(2,3)32(10)29(4,5)18-23)27(35)37-24-19-30(6,7)33(11)31(8,9)20-24/h12-16,23-24H,17-20H2,1-11H3. The molecule has 6 heteroatoms. The van der Waals surface area contributed by atoms with Crippen molar-refractivity contribution in [2.45, 2.75) is 122 Å². The Labute approximate surface area is 224 Å². The molecule has 0 unspecified atom stereocenters. The predicted octanol–water partition coefficient (Wildman–Crippen LogP) is 5.77. The summed E-state index contributed by atoms with van der Waals surface area (Å²) in [5, 5.41) is 0. The Morgan fingerprint density at radius 3 is 1.35 bits per heavy atom. The first kappa shape index (κ1) is 29.4. The van der Waals surface area contributed by atoms with Gasteiger partial charge in [-0.25, -0.2) is 9.59 Å². The number of esters is 2. The smallest absolute Gasteiger partial charge is 0.345 e. The van der Waals surface area contributed by atoms with E-state index < -0.39 is 11.9 Å². The van der Waals surface area contributed by atoms with Crippen molar-refractivity contribution in [3.8, 4) is 0 Å². The summed E-state index contributed by atoms with van der Waals surface area (Å²) in [5.74, 6) is -1.23. The molecule has 0 spiro atoms. The van der Waals surface area contributed by atoms with E-state index in [9.17, 15) is 9.59 Å². The molecule has 0 N–H and O–H groups in total. The van der Waals surface area contributed by atoms with Crippen molar-refractivity contribution in [1.82, 2.24) is 9.80 Å². The number of hydrogen-bond donors (Lipinski definition) is 0. The Balaban J connectivity index is 1.86. The second-order valence-corrected chi connectivity index (χ2v) is 13.7. The van der Waals surface area contributed by atoms with Gasteiger partial charge in [0, 0.05) is 47.8 Å². The third-order valence-corrected chi connectivity index (χ3v) is 8.92. The highest BCUT2D eigenvalue weighted by molar-refractivity contribution is 6.17. The number of aryl methyl sites for hydroxylation is 1. The molecular formula is C31H48N2O4. The molecule has 206 valence electrons.